The molecule has 1 atom stereocenters. The highest BCUT2D eigenvalue weighted by atomic mass is 35.5. The highest BCUT2D eigenvalue weighted by molar-refractivity contribution is 6.30. The molecule has 37 heavy (non-hydrogen) atoms. The molecule has 0 saturated carbocycles. The van der Waals surface area contributed by atoms with Crippen LogP contribution in [-0.4, -0.2) is 48.8 Å². The number of carbonyl (C=O) groups excluding carboxylic acids is 1. The molecular weight excluding hydrogens is 488 g/mol. The topological polar surface area (TPSA) is 80.2 Å². The van der Waals surface area contributed by atoms with Gasteiger partial charge in [-0.3, -0.25) is 4.79 Å². The molecule has 4 rings (SSSR count). The number of aliphatic imine (C=N–C) groups is 1. The van der Waals surface area contributed by atoms with Crippen molar-refractivity contribution in [1.82, 2.24) is 5.32 Å². The van der Waals surface area contributed by atoms with Crippen molar-refractivity contribution in [2.45, 2.75) is 24.8 Å². The summed E-state index contributed by atoms with van der Waals surface area (Å²) in [6, 6.07) is 24.9. The number of carbonyl (C=O) groups is 1. The Morgan fingerprint density at radius 3 is 2.57 bits per heavy atom. The minimum atomic E-state index is -1.06. The molecule has 1 amide bonds. The van der Waals surface area contributed by atoms with Gasteiger partial charge in [0, 0.05) is 36.6 Å². The van der Waals surface area contributed by atoms with E-state index in [1.165, 1.54) is 0 Å². The molecule has 0 aliphatic carbocycles. The van der Waals surface area contributed by atoms with Gasteiger partial charge < -0.3 is 19.9 Å². The van der Waals surface area contributed by atoms with E-state index in [1.54, 1.807) is 0 Å². The summed E-state index contributed by atoms with van der Waals surface area (Å²) >= 11 is 5.97. The first-order chi connectivity index (χ1) is 18.1. The van der Waals surface area contributed by atoms with Crippen molar-refractivity contribution in [3.8, 4) is 5.75 Å². The molecule has 0 radical (unpaired) electrons. The first-order valence-corrected chi connectivity index (χ1v) is 12.8. The highest BCUT2D eigenvalue weighted by Gasteiger charge is 2.43. The second-order valence-corrected chi connectivity index (χ2v) is 9.27. The van der Waals surface area contributed by atoms with Gasteiger partial charge in [0.05, 0.1) is 6.61 Å². The molecule has 7 heteroatoms. The number of aliphatic hydroxyl groups excluding tert-OH is 1. The van der Waals surface area contributed by atoms with Crippen LogP contribution in [0.2, 0.25) is 5.02 Å². The lowest BCUT2D eigenvalue weighted by Gasteiger charge is -2.21. The Labute approximate surface area is 222 Å². The highest BCUT2D eigenvalue weighted by Crippen LogP contribution is 2.28. The van der Waals surface area contributed by atoms with Crippen LogP contribution in [0.4, 0.5) is 0 Å². The Bertz CT molecular complexity index is 1210. The van der Waals surface area contributed by atoms with E-state index in [-0.39, 0.29) is 19.1 Å². The van der Waals surface area contributed by atoms with Crippen molar-refractivity contribution in [2.24, 2.45) is 4.99 Å². The van der Waals surface area contributed by atoms with Gasteiger partial charge in [0.25, 0.3) is 5.91 Å². The van der Waals surface area contributed by atoms with E-state index < -0.39 is 5.54 Å². The van der Waals surface area contributed by atoms with E-state index in [2.05, 4.69) is 5.32 Å². The number of hydrogen-bond acceptors (Lipinski definition) is 5. The van der Waals surface area contributed by atoms with Crippen molar-refractivity contribution in [3.63, 3.8) is 0 Å². The molecule has 1 aliphatic heterocycles. The molecule has 3 aromatic carbocycles. The fourth-order valence-electron chi connectivity index (χ4n) is 3.95. The quantitative estimate of drug-likeness (QED) is 0.328. The fraction of sp³-hybridized carbons (Fsp3) is 0.267. The molecule has 0 bridgehead atoms. The Balaban J connectivity index is 1.47. The summed E-state index contributed by atoms with van der Waals surface area (Å²) in [4.78, 5) is 18.2. The largest absolute Gasteiger partial charge is 0.494 e. The summed E-state index contributed by atoms with van der Waals surface area (Å²) in [5.74, 6) is 0.966. The van der Waals surface area contributed by atoms with Gasteiger partial charge in [-0.1, -0.05) is 66.2 Å². The maximum Gasteiger partial charge on any atom is 0.251 e. The first-order valence-electron chi connectivity index (χ1n) is 12.4. The number of nitrogens with zero attached hydrogens (tertiary/aromatic N) is 1. The van der Waals surface area contributed by atoms with E-state index in [1.807, 2.05) is 91.0 Å². The number of nitrogens with one attached hydrogen (secondary N) is 1. The van der Waals surface area contributed by atoms with Crippen molar-refractivity contribution >= 4 is 29.5 Å². The molecular formula is C30H31ClN2O4. The second-order valence-electron chi connectivity index (χ2n) is 8.84. The van der Waals surface area contributed by atoms with Gasteiger partial charge in [-0.25, -0.2) is 4.99 Å². The number of ether oxygens (including phenoxy) is 2. The molecule has 0 fully saturated rings. The lowest BCUT2D eigenvalue weighted by molar-refractivity contribution is -0.126. The maximum absolute atomic E-state index is 13.4. The lowest BCUT2D eigenvalue weighted by Crippen LogP contribution is -2.47. The smallest absolute Gasteiger partial charge is 0.251 e. The Kier molecular flexibility index (Phi) is 9.35. The zero-order valence-electron chi connectivity index (χ0n) is 20.6. The van der Waals surface area contributed by atoms with E-state index in [4.69, 9.17) is 31.2 Å². The van der Waals surface area contributed by atoms with Crippen molar-refractivity contribution in [3.05, 3.63) is 107 Å². The van der Waals surface area contributed by atoms with Gasteiger partial charge >= 0.3 is 0 Å². The standard InChI is InChI=1S/C30H31ClN2O4/c31-26-13-9-24(10-14-26)17-19-32-29(35)30(18-4-8-23-6-2-1-3-7-23)22-37-28(33-30)25-11-15-27(16-12-25)36-21-5-20-34/h1-4,6-16,34H,5,17-22H2,(H,32,35)/b8-4+/t30-/m1/s1. The zero-order chi connectivity index (χ0) is 25.9. The Morgan fingerprint density at radius 2 is 1.84 bits per heavy atom. The van der Waals surface area contributed by atoms with Crippen LogP contribution in [0.5, 0.6) is 5.75 Å². The van der Waals surface area contributed by atoms with Crippen molar-refractivity contribution in [1.29, 1.82) is 0 Å². The van der Waals surface area contributed by atoms with Gasteiger partial charge in [-0.2, -0.15) is 0 Å². The van der Waals surface area contributed by atoms with Gasteiger partial charge in [-0.05, 0) is 53.9 Å². The van der Waals surface area contributed by atoms with Crippen LogP contribution in [-0.2, 0) is 16.0 Å². The van der Waals surface area contributed by atoms with Crippen LogP contribution < -0.4 is 10.1 Å². The van der Waals surface area contributed by atoms with Gasteiger partial charge in [0.15, 0.2) is 5.54 Å². The number of aliphatic hydroxyl groups is 1. The summed E-state index contributed by atoms with van der Waals surface area (Å²) in [6.07, 6.45) is 5.63. The van der Waals surface area contributed by atoms with Crippen LogP contribution in [0.1, 0.15) is 29.5 Å². The molecule has 192 valence electrons. The third-order valence-electron chi connectivity index (χ3n) is 6.04. The molecule has 3 aromatic rings. The molecule has 2 N–H and O–H groups in total. The van der Waals surface area contributed by atoms with Gasteiger partial charge in [0.1, 0.15) is 12.4 Å². The van der Waals surface area contributed by atoms with Crippen LogP contribution >= 0.6 is 11.6 Å². The summed E-state index contributed by atoms with van der Waals surface area (Å²) in [5.41, 5.74) is 1.87. The first kappa shape index (κ1) is 26.5. The molecule has 0 saturated heterocycles. The fourth-order valence-corrected chi connectivity index (χ4v) is 4.07. The summed E-state index contributed by atoms with van der Waals surface area (Å²) < 4.78 is 11.6. The monoisotopic (exact) mass is 518 g/mol. The van der Waals surface area contributed by atoms with E-state index >= 15 is 0 Å². The SMILES string of the molecule is O=C(NCCc1ccc(Cl)cc1)[C@@]1(C/C=C/c2ccccc2)COC(c2ccc(OCCCO)cc2)=N1. The van der Waals surface area contributed by atoms with E-state index in [9.17, 15) is 4.79 Å². The van der Waals surface area contributed by atoms with Crippen molar-refractivity contribution < 1.29 is 19.4 Å². The van der Waals surface area contributed by atoms with Crippen LogP contribution in [0, 0.1) is 0 Å². The average molecular weight is 519 g/mol. The normalized spacial score (nSPS) is 16.9. The number of benzene rings is 3. The summed E-state index contributed by atoms with van der Waals surface area (Å²) in [5, 5.41) is 12.7. The third kappa shape index (κ3) is 7.44. The predicted octanol–water partition coefficient (Wildman–Crippen LogP) is 5.08. The lowest BCUT2D eigenvalue weighted by atomic mass is 9.95. The van der Waals surface area contributed by atoms with Gasteiger partial charge in [-0.15, -0.1) is 0 Å². The summed E-state index contributed by atoms with van der Waals surface area (Å²) in [7, 11) is 0. The van der Waals surface area contributed by atoms with Crippen LogP contribution in [0.15, 0.2) is 89.9 Å². The molecule has 1 heterocycles. The van der Waals surface area contributed by atoms with Crippen LogP contribution in [0.3, 0.4) is 0 Å². The van der Waals surface area contributed by atoms with E-state index in [0.29, 0.717) is 49.1 Å². The predicted molar refractivity (Wildman–Crippen MR) is 147 cm³/mol. The molecule has 0 spiro atoms. The Morgan fingerprint density at radius 1 is 1.08 bits per heavy atom. The zero-order valence-corrected chi connectivity index (χ0v) is 21.4. The van der Waals surface area contributed by atoms with Crippen molar-refractivity contribution in [2.75, 3.05) is 26.4 Å². The number of halogens is 1. The average Bonchev–Trinajstić information content (AvgIpc) is 3.36. The summed E-state index contributed by atoms with van der Waals surface area (Å²) in [6.45, 7) is 1.17. The van der Waals surface area contributed by atoms with E-state index in [0.717, 1.165) is 16.7 Å². The van der Waals surface area contributed by atoms with Crippen LogP contribution in [0.25, 0.3) is 6.08 Å². The minimum absolute atomic E-state index is 0.0886. The Hall–Kier alpha value is -3.61. The number of rotatable bonds is 12. The van der Waals surface area contributed by atoms with Gasteiger partial charge in [0.2, 0.25) is 5.90 Å². The molecule has 0 aromatic heterocycles. The number of hydrogen-bond donors (Lipinski definition) is 2. The minimum Gasteiger partial charge on any atom is -0.494 e. The third-order valence-corrected chi connectivity index (χ3v) is 6.29. The second kappa shape index (κ2) is 13.1. The maximum atomic E-state index is 13.4. The molecule has 6 nitrogen and oxygen atoms in total. The number of amides is 1. The molecule has 1 aliphatic rings. The molecule has 0 unspecified atom stereocenters.